The Balaban J connectivity index is 1.60. The number of hydrogen-bond donors (Lipinski definition) is 0. The highest BCUT2D eigenvalue weighted by atomic mass is 32.2. The van der Waals surface area contributed by atoms with E-state index in [4.69, 9.17) is 4.42 Å². The van der Waals surface area contributed by atoms with Gasteiger partial charge in [0.2, 0.25) is 21.8 Å². The van der Waals surface area contributed by atoms with Crippen LogP contribution in [-0.2, 0) is 10.0 Å². The van der Waals surface area contributed by atoms with Crippen LogP contribution in [0, 0.1) is 17.0 Å². The third-order valence-corrected chi connectivity index (χ3v) is 7.63. The lowest BCUT2D eigenvalue weighted by atomic mass is 10.00. The highest BCUT2D eigenvalue weighted by molar-refractivity contribution is 7.89. The molecule has 1 saturated heterocycles. The quantitative estimate of drug-likeness (QED) is 0.444. The summed E-state index contributed by atoms with van der Waals surface area (Å²) in [6, 6.07) is 5.76. The van der Waals surface area contributed by atoms with E-state index in [1.165, 1.54) is 27.8 Å². The standard InChI is InChI=1S/C18H18N4O5S2/c1-12-4-5-15(22(23)24)9-16(12)29(25,26)21-7-2-3-13(10-21)17-19-20-18(27-17)14-6-8-28-11-14/h4-6,8-9,11,13H,2-3,7,10H2,1H3. The molecule has 0 spiro atoms. The lowest BCUT2D eigenvalue weighted by Gasteiger charge is -2.30. The smallest absolute Gasteiger partial charge is 0.270 e. The Kier molecular flexibility index (Phi) is 5.19. The van der Waals surface area contributed by atoms with E-state index >= 15 is 0 Å². The monoisotopic (exact) mass is 434 g/mol. The Labute approximate surface area is 171 Å². The fourth-order valence-corrected chi connectivity index (χ4v) is 5.78. The molecule has 2 aromatic heterocycles. The van der Waals surface area contributed by atoms with Gasteiger partial charge in [-0.15, -0.1) is 10.2 Å². The zero-order valence-electron chi connectivity index (χ0n) is 15.5. The number of rotatable bonds is 5. The topological polar surface area (TPSA) is 119 Å². The minimum absolute atomic E-state index is 0.0446. The second-order valence-corrected chi connectivity index (χ2v) is 9.55. The van der Waals surface area contributed by atoms with Gasteiger partial charge in [-0.2, -0.15) is 15.6 Å². The second-order valence-electron chi connectivity index (χ2n) is 6.87. The molecule has 1 aliphatic heterocycles. The highest BCUT2D eigenvalue weighted by Gasteiger charge is 2.34. The third kappa shape index (κ3) is 3.80. The maximum absolute atomic E-state index is 13.2. The maximum atomic E-state index is 13.2. The van der Waals surface area contributed by atoms with Crippen molar-refractivity contribution in [3.63, 3.8) is 0 Å². The molecule has 152 valence electrons. The SMILES string of the molecule is Cc1ccc([N+](=O)[O-])cc1S(=O)(=O)N1CCCC(c2nnc(-c3ccsc3)o2)C1. The van der Waals surface area contributed by atoms with E-state index in [0.717, 1.165) is 18.1 Å². The van der Waals surface area contributed by atoms with Gasteiger partial charge in [0.25, 0.3) is 5.69 Å². The number of thiophene rings is 1. The van der Waals surface area contributed by atoms with Gasteiger partial charge < -0.3 is 4.42 Å². The summed E-state index contributed by atoms with van der Waals surface area (Å²) < 4.78 is 33.5. The number of nitro benzene ring substituents is 1. The maximum Gasteiger partial charge on any atom is 0.270 e. The summed E-state index contributed by atoms with van der Waals surface area (Å²) in [5.74, 6) is 0.593. The van der Waals surface area contributed by atoms with Gasteiger partial charge >= 0.3 is 0 Å². The molecular weight excluding hydrogens is 416 g/mol. The van der Waals surface area contributed by atoms with Gasteiger partial charge in [0.05, 0.1) is 15.7 Å². The fourth-order valence-electron chi connectivity index (χ4n) is 3.38. The molecule has 1 atom stereocenters. The molecule has 1 aliphatic rings. The van der Waals surface area contributed by atoms with Gasteiger partial charge in [-0.25, -0.2) is 8.42 Å². The summed E-state index contributed by atoms with van der Waals surface area (Å²) in [6.07, 6.45) is 1.36. The van der Waals surface area contributed by atoms with Crippen LogP contribution in [0.5, 0.6) is 0 Å². The predicted molar refractivity (Wildman–Crippen MR) is 106 cm³/mol. The van der Waals surface area contributed by atoms with Crippen molar-refractivity contribution in [1.82, 2.24) is 14.5 Å². The molecule has 11 heteroatoms. The lowest BCUT2D eigenvalue weighted by molar-refractivity contribution is -0.385. The van der Waals surface area contributed by atoms with Crippen molar-refractivity contribution >= 4 is 27.0 Å². The van der Waals surface area contributed by atoms with Crippen molar-refractivity contribution in [3.8, 4) is 11.5 Å². The first-order valence-electron chi connectivity index (χ1n) is 8.97. The van der Waals surface area contributed by atoms with Crippen molar-refractivity contribution < 1.29 is 17.8 Å². The summed E-state index contributed by atoms with van der Waals surface area (Å²) in [5.41, 5.74) is 1.05. The summed E-state index contributed by atoms with van der Waals surface area (Å²) in [6.45, 7) is 2.16. The first kappa shape index (κ1) is 19.7. The zero-order chi connectivity index (χ0) is 20.6. The van der Waals surface area contributed by atoms with Gasteiger partial charge in [0, 0.05) is 36.2 Å². The van der Waals surface area contributed by atoms with Crippen LogP contribution >= 0.6 is 11.3 Å². The van der Waals surface area contributed by atoms with Crippen molar-refractivity contribution in [2.75, 3.05) is 13.1 Å². The van der Waals surface area contributed by atoms with E-state index in [-0.39, 0.29) is 23.0 Å². The highest BCUT2D eigenvalue weighted by Crippen LogP contribution is 2.33. The molecule has 3 aromatic rings. The van der Waals surface area contributed by atoms with Crippen LogP contribution in [0.15, 0.2) is 44.3 Å². The average molecular weight is 434 g/mol. The Morgan fingerprint density at radius 3 is 2.86 bits per heavy atom. The largest absolute Gasteiger partial charge is 0.420 e. The molecule has 0 amide bonds. The van der Waals surface area contributed by atoms with E-state index in [2.05, 4.69) is 10.2 Å². The Morgan fingerprint density at radius 1 is 1.31 bits per heavy atom. The Morgan fingerprint density at radius 2 is 2.14 bits per heavy atom. The van der Waals surface area contributed by atoms with Crippen LogP contribution < -0.4 is 0 Å². The number of non-ortho nitro benzene ring substituents is 1. The molecule has 3 heterocycles. The number of hydrogen-bond acceptors (Lipinski definition) is 8. The summed E-state index contributed by atoms with van der Waals surface area (Å²) in [4.78, 5) is 10.4. The number of sulfonamides is 1. The van der Waals surface area contributed by atoms with E-state index in [9.17, 15) is 18.5 Å². The normalized spacial score (nSPS) is 18.0. The number of nitrogens with zero attached hydrogens (tertiary/aromatic N) is 4. The number of aromatic nitrogens is 2. The van der Waals surface area contributed by atoms with Crippen molar-refractivity contribution in [2.24, 2.45) is 0 Å². The molecule has 1 fully saturated rings. The van der Waals surface area contributed by atoms with E-state index in [1.807, 2.05) is 16.8 Å². The first-order chi connectivity index (χ1) is 13.9. The van der Waals surface area contributed by atoms with Gasteiger partial charge in [0.1, 0.15) is 0 Å². The van der Waals surface area contributed by atoms with Crippen LogP contribution in [0.1, 0.15) is 30.2 Å². The second kappa shape index (κ2) is 7.65. The molecule has 0 N–H and O–H groups in total. The minimum atomic E-state index is -3.89. The Bertz CT molecular complexity index is 1140. The number of benzene rings is 1. The number of piperidine rings is 1. The Hall–Kier alpha value is -2.63. The van der Waals surface area contributed by atoms with Crippen LogP contribution in [0.4, 0.5) is 5.69 Å². The first-order valence-corrected chi connectivity index (χ1v) is 11.4. The van der Waals surface area contributed by atoms with Crippen molar-refractivity contribution in [2.45, 2.75) is 30.6 Å². The summed E-state index contributed by atoms with van der Waals surface area (Å²) in [7, 11) is -3.89. The predicted octanol–water partition coefficient (Wildman–Crippen LogP) is 3.58. The summed E-state index contributed by atoms with van der Waals surface area (Å²) >= 11 is 1.52. The molecule has 1 aromatic carbocycles. The molecule has 4 rings (SSSR count). The van der Waals surface area contributed by atoms with Crippen LogP contribution in [0.2, 0.25) is 0 Å². The van der Waals surface area contributed by atoms with Gasteiger partial charge in [-0.3, -0.25) is 10.1 Å². The van der Waals surface area contributed by atoms with Crippen molar-refractivity contribution in [3.05, 3.63) is 56.6 Å². The molecule has 0 bridgehead atoms. The average Bonchev–Trinajstić information content (AvgIpc) is 3.40. The molecule has 1 unspecified atom stereocenters. The molecular formula is C18H18N4O5S2. The fraction of sp³-hybridized carbons (Fsp3) is 0.333. The van der Waals surface area contributed by atoms with Gasteiger partial charge in [-0.05, 0) is 36.8 Å². The van der Waals surface area contributed by atoms with Gasteiger partial charge in [-0.1, -0.05) is 6.07 Å². The van der Waals surface area contributed by atoms with E-state index in [1.54, 1.807) is 6.92 Å². The van der Waals surface area contributed by atoms with E-state index < -0.39 is 14.9 Å². The van der Waals surface area contributed by atoms with Crippen LogP contribution in [0.25, 0.3) is 11.5 Å². The number of aryl methyl sites for hydroxylation is 1. The molecule has 0 aliphatic carbocycles. The minimum Gasteiger partial charge on any atom is -0.420 e. The van der Waals surface area contributed by atoms with Crippen molar-refractivity contribution in [1.29, 1.82) is 0 Å². The van der Waals surface area contributed by atoms with Crippen LogP contribution in [-0.4, -0.2) is 40.9 Å². The molecule has 0 radical (unpaired) electrons. The molecule has 29 heavy (non-hydrogen) atoms. The summed E-state index contributed by atoms with van der Waals surface area (Å²) in [5, 5.41) is 23.1. The van der Waals surface area contributed by atoms with E-state index in [0.29, 0.717) is 30.3 Å². The zero-order valence-corrected chi connectivity index (χ0v) is 17.1. The molecule has 0 saturated carbocycles. The number of nitro groups is 1. The van der Waals surface area contributed by atoms with Gasteiger partial charge in [0.15, 0.2) is 0 Å². The third-order valence-electron chi connectivity index (χ3n) is 4.94. The van der Waals surface area contributed by atoms with Crippen LogP contribution in [0.3, 0.4) is 0 Å². The lowest BCUT2D eigenvalue weighted by Crippen LogP contribution is -2.39. The molecule has 9 nitrogen and oxygen atoms in total.